The van der Waals surface area contributed by atoms with Gasteiger partial charge in [0.15, 0.2) is 6.26 Å². The zero-order valence-electron chi connectivity index (χ0n) is 9.94. The highest BCUT2D eigenvalue weighted by atomic mass is 19.4. The van der Waals surface area contributed by atoms with Crippen molar-refractivity contribution in [3.63, 3.8) is 0 Å². The molecular weight excluding hydrogens is 259 g/mol. The maximum absolute atomic E-state index is 12.4. The summed E-state index contributed by atoms with van der Waals surface area (Å²) in [6.45, 7) is 0. The van der Waals surface area contributed by atoms with Crippen LogP contribution in [0.5, 0.6) is 5.88 Å². The van der Waals surface area contributed by atoms with Crippen molar-refractivity contribution in [3.05, 3.63) is 47.5 Å². The number of alkyl halides is 3. The lowest BCUT2D eigenvalue weighted by Crippen LogP contribution is -2.03. The van der Waals surface area contributed by atoms with Crippen LogP contribution in [-0.4, -0.2) is 12.1 Å². The summed E-state index contributed by atoms with van der Waals surface area (Å²) >= 11 is 0. The molecule has 2 rings (SSSR count). The van der Waals surface area contributed by atoms with Gasteiger partial charge in [-0.05, 0) is 23.8 Å². The summed E-state index contributed by atoms with van der Waals surface area (Å²) in [5, 5.41) is 0. The summed E-state index contributed by atoms with van der Waals surface area (Å²) in [5.74, 6) is 0.656. The summed E-state index contributed by atoms with van der Waals surface area (Å²) in [7, 11) is 1.46. The van der Waals surface area contributed by atoms with Crippen molar-refractivity contribution in [2.45, 2.75) is 6.18 Å². The highest BCUT2D eigenvalue weighted by molar-refractivity contribution is 5.66. The average Bonchev–Trinajstić information content (AvgIpc) is 2.84. The molecule has 0 unspecified atom stereocenters. The summed E-state index contributed by atoms with van der Waals surface area (Å²) in [5.41, 5.74) is -0.0624. The van der Waals surface area contributed by atoms with Crippen LogP contribution >= 0.6 is 0 Å². The fraction of sp³-hybridized carbons (Fsp3) is 0.154. The molecule has 0 bridgehead atoms. The van der Waals surface area contributed by atoms with Crippen molar-refractivity contribution in [2.75, 3.05) is 7.11 Å². The quantitative estimate of drug-likeness (QED) is 0.848. The molecule has 0 amide bonds. The first-order valence-electron chi connectivity index (χ1n) is 5.34. The van der Waals surface area contributed by atoms with E-state index in [-0.39, 0.29) is 0 Å². The van der Waals surface area contributed by atoms with Gasteiger partial charge in [0.2, 0.25) is 5.89 Å². The number of halogens is 3. The Kier molecular flexibility index (Phi) is 3.59. The summed E-state index contributed by atoms with van der Waals surface area (Å²) in [6, 6.07) is 4.80. The molecule has 1 aromatic carbocycles. The minimum absolute atomic E-state index is 0.316. The fourth-order valence-corrected chi connectivity index (χ4v) is 1.39. The van der Waals surface area contributed by atoms with Crippen molar-refractivity contribution in [3.8, 4) is 5.88 Å². The highest BCUT2D eigenvalue weighted by Gasteiger charge is 2.29. The Bertz CT molecular complexity index is 570. The predicted octanol–water partition coefficient (Wildman–Crippen LogP) is 3.87. The zero-order valence-corrected chi connectivity index (χ0v) is 9.94. The normalized spacial score (nSPS) is 12.0. The van der Waals surface area contributed by atoms with E-state index in [2.05, 4.69) is 4.98 Å². The Hall–Kier alpha value is -2.24. The molecule has 0 aliphatic carbocycles. The van der Waals surface area contributed by atoms with Crippen LogP contribution in [0.25, 0.3) is 12.2 Å². The Balaban J connectivity index is 2.11. The number of benzene rings is 1. The lowest BCUT2D eigenvalue weighted by atomic mass is 10.1. The van der Waals surface area contributed by atoms with Crippen LogP contribution in [0.3, 0.4) is 0 Å². The molecule has 0 radical (unpaired) electrons. The summed E-state index contributed by atoms with van der Waals surface area (Å²) < 4.78 is 47.0. The molecule has 0 saturated carbocycles. The van der Waals surface area contributed by atoms with E-state index in [9.17, 15) is 13.2 Å². The van der Waals surface area contributed by atoms with Gasteiger partial charge in [-0.1, -0.05) is 12.1 Å². The SMILES string of the molecule is COc1coc(/C=C/c2ccc(C(F)(F)F)cc2)n1. The Morgan fingerprint density at radius 3 is 2.37 bits per heavy atom. The van der Waals surface area contributed by atoms with Gasteiger partial charge in [-0.2, -0.15) is 18.2 Å². The van der Waals surface area contributed by atoms with Crippen LogP contribution in [0, 0.1) is 0 Å². The molecule has 0 aliphatic heterocycles. The highest BCUT2D eigenvalue weighted by Crippen LogP contribution is 2.29. The molecule has 0 fully saturated rings. The van der Waals surface area contributed by atoms with Crippen LogP contribution < -0.4 is 4.74 Å². The molecule has 6 heteroatoms. The van der Waals surface area contributed by atoms with E-state index in [0.717, 1.165) is 12.1 Å². The van der Waals surface area contributed by atoms with Gasteiger partial charge in [0.25, 0.3) is 5.88 Å². The Labute approximate surface area is 107 Å². The average molecular weight is 269 g/mol. The first-order valence-corrected chi connectivity index (χ1v) is 5.34. The molecule has 0 saturated heterocycles. The van der Waals surface area contributed by atoms with Gasteiger partial charge in [-0.15, -0.1) is 0 Å². The number of nitrogens with zero attached hydrogens (tertiary/aromatic N) is 1. The third kappa shape index (κ3) is 3.37. The summed E-state index contributed by atoms with van der Waals surface area (Å²) in [6.07, 6.45) is 0.168. The van der Waals surface area contributed by atoms with Crippen LogP contribution in [0.1, 0.15) is 17.0 Å². The third-order valence-electron chi connectivity index (χ3n) is 2.37. The van der Waals surface area contributed by atoms with Gasteiger partial charge in [-0.25, -0.2) is 0 Å². The topological polar surface area (TPSA) is 35.3 Å². The number of hydrogen-bond acceptors (Lipinski definition) is 3. The fourth-order valence-electron chi connectivity index (χ4n) is 1.39. The van der Waals surface area contributed by atoms with Gasteiger partial charge in [0.05, 0.1) is 12.7 Å². The Morgan fingerprint density at radius 1 is 1.16 bits per heavy atom. The molecule has 0 spiro atoms. The number of rotatable bonds is 3. The van der Waals surface area contributed by atoms with E-state index in [1.54, 1.807) is 12.2 Å². The number of ether oxygens (including phenoxy) is 1. The smallest absolute Gasteiger partial charge is 0.416 e. The number of aromatic nitrogens is 1. The van der Waals surface area contributed by atoms with Gasteiger partial charge >= 0.3 is 6.18 Å². The van der Waals surface area contributed by atoms with Gasteiger partial charge in [0.1, 0.15) is 0 Å². The Morgan fingerprint density at radius 2 is 1.84 bits per heavy atom. The van der Waals surface area contributed by atoms with E-state index in [4.69, 9.17) is 9.15 Å². The monoisotopic (exact) mass is 269 g/mol. The second kappa shape index (κ2) is 5.17. The maximum Gasteiger partial charge on any atom is 0.416 e. The predicted molar refractivity (Wildman–Crippen MR) is 63.4 cm³/mol. The molecule has 100 valence electrons. The number of methoxy groups -OCH3 is 1. The minimum Gasteiger partial charge on any atom is -0.479 e. The maximum atomic E-state index is 12.4. The zero-order chi connectivity index (χ0) is 13.9. The molecule has 1 heterocycles. The number of oxazole rings is 1. The van der Waals surface area contributed by atoms with Crippen molar-refractivity contribution in [1.82, 2.24) is 4.98 Å². The molecule has 2 aromatic rings. The van der Waals surface area contributed by atoms with Crippen LogP contribution in [-0.2, 0) is 6.18 Å². The van der Waals surface area contributed by atoms with E-state index >= 15 is 0 Å². The second-order valence-electron chi connectivity index (χ2n) is 3.68. The third-order valence-corrected chi connectivity index (χ3v) is 2.37. The molecule has 0 aliphatic rings. The van der Waals surface area contributed by atoms with Crippen molar-refractivity contribution >= 4 is 12.2 Å². The second-order valence-corrected chi connectivity index (χ2v) is 3.68. The van der Waals surface area contributed by atoms with Crippen LogP contribution in [0.15, 0.2) is 34.9 Å². The number of hydrogen-bond donors (Lipinski definition) is 0. The molecular formula is C13H10F3NO2. The van der Waals surface area contributed by atoms with Gasteiger partial charge < -0.3 is 9.15 Å². The van der Waals surface area contributed by atoms with E-state index in [1.807, 2.05) is 0 Å². The largest absolute Gasteiger partial charge is 0.479 e. The first-order chi connectivity index (χ1) is 8.99. The summed E-state index contributed by atoms with van der Waals surface area (Å²) in [4.78, 5) is 3.94. The van der Waals surface area contributed by atoms with E-state index < -0.39 is 11.7 Å². The van der Waals surface area contributed by atoms with E-state index in [0.29, 0.717) is 17.3 Å². The molecule has 1 aromatic heterocycles. The molecule has 3 nitrogen and oxygen atoms in total. The van der Waals surface area contributed by atoms with Crippen LogP contribution in [0.4, 0.5) is 13.2 Å². The van der Waals surface area contributed by atoms with Crippen molar-refractivity contribution in [1.29, 1.82) is 0 Å². The van der Waals surface area contributed by atoms with Crippen molar-refractivity contribution < 1.29 is 22.3 Å². The minimum atomic E-state index is -4.32. The van der Waals surface area contributed by atoms with E-state index in [1.165, 1.54) is 25.5 Å². The molecule has 0 atom stereocenters. The lowest BCUT2D eigenvalue weighted by Gasteiger charge is -2.05. The molecule has 0 N–H and O–H groups in total. The van der Waals surface area contributed by atoms with Gasteiger partial charge in [0, 0.05) is 6.08 Å². The van der Waals surface area contributed by atoms with Crippen LogP contribution in [0.2, 0.25) is 0 Å². The lowest BCUT2D eigenvalue weighted by molar-refractivity contribution is -0.137. The molecule has 19 heavy (non-hydrogen) atoms. The van der Waals surface area contributed by atoms with Gasteiger partial charge in [-0.3, -0.25) is 0 Å². The standard InChI is InChI=1S/C13H10F3NO2/c1-18-12-8-19-11(17-12)7-4-9-2-5-10(6-3-9)13(14,15)16/h2-8H,1H3/b7-4+. The van der Waals surface area contributed by atoms with Crippen molar-refractivity contribution in [2.24, 2.45) is 0 Å². The first kappa shape index (κ1) is 13.2.